The van der Waals surface area contributed by atoms with Crippen LogP contribution in [0, 0.1) is 0 Å². The van der Waals surface area contributed by atoms with Gasteiger partial charge in [-0.2, -0.15) is 0 Å². The molecule has 31 heavy (non-hydrogen) atoms. The van der Waals surface area contributed by atoms with E-state index in [1.807, 2.05) is 18.4 Å². The summed E-state index contributed by atoms with van der Waals surface area (Å²) >= 11 is 4.98. The van der Waals surface area contributed by atoms with Crippen molar-refractivity contribution in [2.75, 3.05) is 13.0 Å². The first-order valence-electron chi connectivity index (χ1n) is 9.91. The number of thioether (sulfide) groups is 2. The zero-order valence-corrected chi connectivity index (χ0v) is 19.7. The normalized spacial score (nSPS) is 16.9. The lowest BCUT2D eigenvalue weighted by atomic mass is 9.94. The molecule has 0 spiro atoms. The molecule has 3 aromatic heterocycles. The predicted molar refractivity (Wildman–Crippen MR) is 123 cm³/mol. The van der Waals surface area contributed by atoms with Gasteiger partial charge >= 0.3 is 0 Å². The first kappa shape index (κ1) is 19.7. The van der Waals surface area contributed by atoms with Gasteiger partial charge in [0.2, 0.25) is 6.79 Å². The van der Waals surface area contributed by atoms with E-state index in [2.05, 4.69) is 34.5 Å². The molecule has 0 atom stereocenters. The molecule has 0 bridgehead atoms. The highest BCUT2D eigenvalue weighted by Gasteiger charge is 2.31. The molecule has 160 valence electrons. The van der Waals surface area contributed by atoms with Gasteiger partial charge in [-0.15, -0.1) is 21.5 Å². The molecule has 7 nitrogen and oxygen atoms in total. The first-order chi connectivity index (χ1) is 15.0. The highest BCUT2D eigenvalue weighted by Crippen LogP contribution is 2.41. The minimum atomic E-state index is -0.187. The predicted octanol–water partition coefficient (Wildman–Crippen LogP) is 4.93. The van der Waals surface area contributed by atoms with Crippen LogP contribution in [0.15, 0.2) is 28.5 Å². The summed E-state index contributed by atoms with van der Waals surface area (Å²) in [7, 11) is 0. The molecule has 4 aromatic rings. The molecule has 6 rings (SSSR count). The molecule has 0 radical (unpaired) electrons. The Bertz CT molecular complexity index is 1330. The SMILES string of the molecule is CSc1nc2sc3c(c2c2nnc(SCc4ccc5c(c4)OCO5)n12)CC(C)(C)OC3. The fourth-order valence-electron chi connectivity index (χ4n) is 4.00. The fraction of sp³-hybridized carbons (Fsp3) is 0.381. The Hall–Kier alpha value is -2.01. The van der Waals surface area contributed by atoms with E-state index in [9.17, 15) is 0 Å². The first-order valence-corrected chi connectivity index (χ1v) is 12.9. The van der Waals surface area contributed by atoms with Crippen molar-refractivity contribution >= 4 is 50.7 Å². The van der Waals surface area contributed by atoms with Gasteiger partial charge in [0.15, 0.2) is 27.5 Å². The van der Waals surface area contributed by atoms with Crippen molar-refractivity contribution in [3.05, 3.63) is 34.2 Å². The lowest BCUT2D eigenvalue weighted by molar-refractivity contribution is -0.0379. The highest BCUT2D eigenvalue weighted by molar-refractivity contribution is 7.99. The molecule has 0 unspecified atom stereocenters. The number of nitrogens with zero attached hydrogens (tertiary/aromatic N) is 4. The maximum atomic E-state index is 6.03. The number of hydrogen-bond acceptors (Lipinski definition) is 9. The Kier molecular flexibility index (Phi) is 4.60. The second-order valence-electron chi connectivity index (χ2n) is 8.13. The van der Waals surface area contributed by atoms with Crippen LogP contribution in [0.4, 0.5) is 0 Å². The summed E-state index contributed by atoms with van der Waals surface area (Å²) in [5, 5.41) is 12.0. The van der Waals surface area contributed by atoms with E-state index in [4.69, 9.17) is 19.2 Å². The van der Waals surface area contributed by atoms with Gasteiger partial charge in [0.05, 0.1) is 17.6 Å². The average Bonchev–Trinajstić information content (AvgIpc) is 3.46. The number of aromatic nitrogens is 4. The average molecular weight is 473 g/mol. The topological polar surface area (TPSA) is 70.8 Å². The van der Waals surface area contributed by atoms with Crippen LogP contribution in [0.1, 0.15) is 29.9 Å². The molecule has 0 N–H and O–H groups in total. The van der Waals surface area contributed by atoms with Crippen molar-refractivity contribution in [1.82, 2.24) is 19.6 Å². The van der Waals surface area contributed by atoms with Crippen molar-refractivity contribution in [2.45, 2.75) is 48.5 Å². The van der Waals surface area contributed by atoms with E-state index in [1.165, 1.54) is 10.4 Å². The standard InChI is InChI=1S/C21H20N4O3S3/c1-21(2)7-12-15(8-28-21)31-18-16(12)17-23-24-20(25(17)19(22-18)29-3)30-9-11-4-5-13-14(6-11)27-10-26-13/h4-6H,7-10H2,1-3H3. The zero-order chi connectivity index (χ0) is 21.2. The molecule has 5 heterocycles. The molecule has 2 aliphatic heterocycles. The van der Waals surface area contributed by atoms with Gasteiger partial charge in [-0.1, -0.05) is 29.6 Å². The second kappa shape index (κ2) is 7.26. The van der Waals surface area contributed by atoms with Crippen LogP contribution in [-0.4, -0.2) is 38.2 Å². The summed E-state index contributed by atoms with van der Waals surface area (Å²) in [4.78, 5) is 7.23. The van der Waals surface area contributed by atoms with Gasteiger partial charge in [0, 0.05) is 17.1 Å². The van der Waals surface area contributed by atoms with Crippen LogP contribution in [0.5, 0.6) is 11.5 Å². The number of fused-ring (bicyclic) bond motifs is 6. The van der Waals surface area contributed by atoms with Crippen molar-refractivity contribution in [3.8, 4) is 11.5 Å². The van der Waals surface area contributed by atoms with Crippen LogP contribution < -0.4 is 9.47 Å². The van der Waals surface area contributed by atoms with Gasteiger partial charge in [0.1, 0.15) is 4.83 Å². The van der Waals surface area contributed by atoms with Crippen molar-refractivity contribution in [2.24, 2.45) is 0 Å². The van der Waals surface area contributed by atoms with E-state index in [0.717, 1.165) is 55.4 Å². The number of benzene rings is 1. The van der Waals surface area contributed by atoms with Crippen LogP contribution in [0.2, 0.25) is 0 Å². The number of thiophene rings is 1. The summed E-state index contributed by atoms with van der Waals surface area (Å²) < 4.78 is 19.0. The Morgan fingerprint density at radius 3 is 2.90 bits per heavy atom. The van der Waals surface area contributed by atoms with Gasteiger partial charge in [0.25, 0.3) is 0 Å². The van der Waals surface area contributed by atoms with Crippen LogP contribution in [0.3, 0.4) is 0 Å². The summed E-state index contributed by atoms with van der Waals surface area (Å²) in [6.45, 7) is 5.18. The molecule has 0 saturated carbocycles. The summed E-state index contributed by atoms with van der Waals surface area (Å²) in [6, 6.07) is 6.05. The molecule has 0 amide bonds. The molecule has 0 saturated heterocycles. The Morgan fingerprint density at radius 2 is 2.03 bits per heavy atom. The third-order valence-electron chi connectivity index (χ3n) is 5.50. The van der Waals surface area contributed by atoms with Gasteiger partial charge in [-0.3, -0.25) is 0 Å². The minimum Gasteiger partial charge on any atom is -0.454 e. The quantitative estimate of drug-likeness (QED) is 0.306. The molecule has 2 aliphatic rings. The molecule has 1 aromatic carbocycles. The van der Waals surface area contributed by atoms with E-state index in [0.29, 0.717) is 6.61 Å². The number of rotatable bonds is 4. The van der Waals surface area contributed by atoms with Crippen molar-refractivity contribution in [3.63, 3.8) is 0 Å². The second-order valence-corrected chi connectivity index (χ2v) is 10.9. The van der Waals surface area contributed by atoms with Gasteiger partial charge in [-0.25, -0.2) is 9.38 Å². The largest absolute Gasteiger partial charge is 0.454 e. The number of hydrogen-bond donors (Lipinski definition) is 0. The van der Waals surface area contributed by atoms with Crippen molar-refractivity contribution in [1.29, 1.82) is 0 Å². The summed E-state index contributed by atoms with van der Waals surface area (Å²) in [6.07, 6.45) is 2.89. The number of ether oxygens (including phenoxy) is 3. The molecular formula is C21H20N4O3S3. The van der Waals surface area contributed by atoms with Crippen LogP contribution >= 0.6 is 34.9 Å². The maximum Gasteiger partial charge on any atom is 0.231 e. The van der Waals surface area contributed by atoms with Gasteiger partial charge in [-0.05, 0) is 43.4 Å². The Labute approximate surface area is 191 Å². The zero-order valence-electron chi connectivity index (χ0n) is 17.3. The highest BCUT2D eigenvalue weighted by atomic mass is 32.2. The summed E-state index contributed by atoms with van der Waals surface area (Å²) in [5.41, 5.74) is 3.16. The van der Waals surface area contributed by atoms with E-state index >= 15 is 0 Å². The molecule has 10 heteroatoms. The maximum absolute atomic E-state index is 6.03. The molecule has 0 aliphatic carbocycles. The summed E-state index contributed by atoms with van der Waals surface area (Å²) in [5.74, 6) is 2.35. The molecular weight excluding hydrogens is 452 g/mol. The lowest BCUT2D eigenvalue weighted by Gasteiger charge is -2.30. The van der Waals surface area contributed by atoms with Crippen LogP contribution in [0.25, 0.3) is 15.9 Å². The van der Waals surface area contributed by atoms with E-state index < -0.39 is 0 Å². The monoisotopic (exact) mass is 472 g/mol. The third-order valence-corrected chi connectivity index (χ3v) is 8.24. The van der Waals surface area contributed by atoms with E-state index in [-0.39, 0.29) is 12.4 Å². The lowest BCUT2D eigenvalue weighted by Crippen LogP contribution is -2.31. The Balaban J connectivity index is 1.41. The van der Waals surface area contributed by atoms with E-state index in [1.54, 1.807) is 34.9 Å². The molecule has 0 fully saturated rings. The fourth-order valence-corrected chi connectivity index (χ4v) is 6.63. The third kappa shape index (κ3) is 3.27. The van der Waals surface area contributed by atoms with Crippen LogP contribution in [-0.2, 0) is 23.5 Å². The van der Waals surface area contributed by atoms with Gasteiger partial charge < -0.3 is 14.2 Å². The Morgan fingerprint density at radius 1 is 1.16 bits per heavy atom. The minimum absolute atomic E-state index is 0.187. The smallest absolute Gasteiger partial charge is 0.231 e. The van der Waals surface area contributed by atoms with Crippen molar-refractivity contribution < 1.29 is 14.2 Å².